The lowest BCUT2D eigenvalue weighted by Crippen LogP contribution is -2.39. The highest BCUT2D eigenvalue weighted by atomic mass is 16.5. The van der Waals surface area contributed by atoms with E-state index in [2.05, 4.69) is 15.2 Å². The molecule has 1 aromatic carbocycles. The maximum Gasteiger partial charge on any atom is 0.241 e. The van der Waals surface area contributed by atoms with E-state index in [1.807, 2.05) is 42.5 Å². The monoisotopic (exact) mass is 363 g/mol. The number of carbonyl (C=O) groups excluding carboxylic acids is 1. The Hall–Kier alpha value is -3.12. The van der Waals surface area contributed by atoms with Crippen LogP contribution < -0.4 is 10.1 Å². The number of likely N-dealkylation sites (tertiary alicyclic amines) is 1. The van der Waals surface area contributed by atoms with E-state index in [0.29, 0.717) is 23.7 Å². The number of carbonyl (C=O) groups is 1. The lowest BCUT2D eigenvalue weighted by molar-refractivity contribution is -0.120. The summed E-state index contributed by atoms with van der Waals surface area (Å²) in [4.78, 5) is 19.2. The molecule has 1 aliphatic heterocycles. The van der Waals surface area contributed by atoms with E-state index in [9.17, 15) is 4.79 Å². The molecule has 0 spiro atoms. The predicted octanol–water partition coefficient (Wildman–Crippen LogP) is 4.07. The molecule has 0 saturated carbocycles. The minimum absolute atomic E-state index is 0.0155. The van der Waals surface area contributed by atoms with E-state index in [4.69, 9.17) is 9.15 Å². The third-order valence-electron chi connectivity index (χ3n) is 4.64. The normalized spacial score (nSPS) is 17.0. The van der Waals surface area contributed by atoms with E-state index in [-0.39, 0.29) is 11.9 Å². The summed E-state index contributed by atoms with van der Waals surface area (Å²) in [5, 5.41) is 3.03. The summed E-state index contributed by atoms with van der Waals surface area (Å²) in [6.45, 7) is 1.61. The van der Waals surface area contributed by atoms with Gasteiger partial charge in [0.25, 0.3) is 0 Å². The van der Waals surface area contributed by atoms with Gasteiger partial charge < -0.3 is 14.5 Å². The first-order valence-electron chi connectivity index (χ1n) is 9.02. The summed E-state index contributed by atoms with van der Waals surface area (Å²) in [5.74, 6) is 1.21. The Morgan fingerprint density at radius 3 is 3.00 bits per heavy atom. The highest BCUT2D eigenvalue weighted by molar-refractivity contribution is 5.96. The molecule has 1 saturated heterocycles. The number of nitrogens with zero attached hydrogens (tertiary/aromatic N) is 2. The van der Waals surface area contributed by atoms with Gasteiger partial charge >= 0.3 is 0 Å². The summed E-state index contributed by atoms with van der Waals surface area (Å²) in [7, 11) is 0. The van der Waals surface area contributed by atoms with Crippen molar-refractivity contribution in [1.82, 2.24) is 9.88 Å². The number of para-hydroxylation sites is 2. The number of hydrogen-bond acceptors (Lipinski definition) is 5. The van der Waals surface area contributed by atoms with Gasteiger partial charge in [-0.05, 0) is 49.7 Å². The fourth-order valence-corrected chi connectivity index (χ4v) is 3.34. The van der Waals surface area contributed by atoms with Crippen LogP contribution in [0.3, 0.4) is 0 Å². The second kappa shape index (κ2) is 8.05. The molecule has 2 aromatic heterocycles. The SMILES string of the molecule is O=C(Nc1ccccc1Oc1cccnc1)[C@@H]1CCCN1Cc1ccoc1. The number of ether oxygens (including phenoxy) is 1. The number of nitrogens with one attached hydrogen (secondary N) is 1. The molecule has 138 valence electrons. The Bertz CT molecular complexity index is 881. The number of pyridine rings is 1. The molecule has 3 heterocycles. The molecule has 1 fully saturated rings. The van der Waals surface area contributed by atoms with Crippen LogP contribution in [0.25, 0.3) is 0 Å². The Morgan fingerprint density at radius 1 is 1.26 bits per heavy atom. The van der Waals surface area contributed by atoms with E-state index in [1.54, 1.807) is 24.9 Å². The number of anilines is 1. The molecule has 0 aliphatic carbocycles. The van der Waals surface area contributed by atoms with E-state index in [1.165, 1.54) is 0 Å². The number of benzene rings is 1. The summed E-state index contributed by atoms with van der Waals surface area (Å²) >= 11 is 0. The van der Waals surface area contributed by atoms with Crippen LogP contribution in [0.15, 0.2) is 71.8 Å². The van der Waals surface area contributed by atoms with Gasteiger partial charge in [-0.15, -0.1) is 0 Å². The Morgan fingerprint density at radius 2 is 2.19 bits per heavy atom. The molecule has 3 aromatic rings. The molecule has 0 unspecified atom stereocenters. The van der Waals surface area contributed by atoms with Gasteiger partial charge in [-0.2, -0.15) is 0 Å². The maximum absolute atomic E-state index is 12.9. The minimum atomic E-state index is -0.161. The summed E-state index contributed by atoms with van der Waals surface area (Å²) < 4.78 is 11.0. The zero-order chi connectivity index (χ0) is 18.5. The van der Waals surface area contributed by atoms with Gasteiger partial charge in [-0.25, -0.2) is 0 Å². The molecule has 1 N–H and O–H groups in total. The summed E-state index contributed by atoms with van der Waals surface area (Å²) in [6.07, 6.45) is 8.56. The van der Waals surface area contributed by atoms with Gasteiger partial charge in [0.2, 0.25) is 5.91 Å². The molecule has 1 atom stereocenters. The van der Waals surface area contributed by atoms with E-state index in [0.717, 1.165) is 24.9 Å². The fourth-order valence-electron chi connectivity index (χ4n) is 3.34. The van der Waals surface area contributed by atoms with Gasteiger partial charge in [0.1, 0.15) is 5.75 Å². The van der Waals surface area contributed by atoms with E-state index >= 15 is 0 Å². The van der Waals surface area contributed by atoms with Crippen molar-refractivity contribution in [2.75, 3.05) is 11.9 Å². The molecule has 4 rings (SSSR count). The van der Waals surface area contributed by atoms with Crippen LogP contribution in [0.4, 0.5) is 5.69 Å². The van der Waals surface area contributed by atoms with Crippen molar-refractivity contribution in [1.29, 1.82) is 0 Å². The van der Waals surface area contributed by atoms with Crippen LogP contribution in [0, 0.1) is 0 Å². The molecule has 0 radical (unpaired) electrons. The van der Waals surface area contributed by atoms with E-state index < -0.39 is 0 Å². The molecule has 0 bridgehead atoms. The molecule has 27 heavy (non-hydrogen) atoms. The highest BCUT2D eigenvalue weighted by Gasteiger charge is 2.31. The number of hydrogen-bond donors (Lipinski definition) is 1. The van der Waals surface area contributed by atoms with Crippen LogP contribution in [0.1, 0.15) is 18.4 Å². The molecule has 6 heteroatoms. The maximum atomic E-state index is 12.9. The van der Waals surface area contributed by atoms with Gasteiger partial charge in [0.15, 0.2) is 5.75 Å². The van der Waals surface area contributed by atoms with Crippen molar-refractivity contribution in [2.24, 2.45) is 0 Å². The van der Waals surface area contributed by atoms with Crippen molar-refractivity contribution < 1.29 is 13.9 Å². The van der Waals surface area contributed by atoms with Crippen LogP contribution in [0.2, 0.25) is 0 Å². The standard InChI is InChI=1S/C21H21N3O3/c25-21(19-7-4-11-24(19)14-16-9-12-26-15-16)23-18-6-1-2-8-20(18)27-17-5-3-10-22-13-17/h1-3,5-6,8-10,12-13,15,19H,4,7,11,14H2,(H,23,25)/t19-/m0/s1. The first kappa shape index (κ1) is 17.3. The number of amides is 1. The van der Waals surface area contributed by atoms with Crippen LogP contribution in [-0.4, -0.2) is 28.4 Å². The van der Waals surface area contributed by atoms with Gasteiger partial charge in [0.05, 0.1) is 30.5 Å². The van der Waals surface area contributed by atoms with Crippen LogP contribution >= 0.6 is 0 Å². The van der Waals surface area contributed by atoms with Crippen LogP contribution in [0.5, 0.6) is 11.5 Å². The molecule has 1 aliphatic rings. The average Bonchev–Trinajstić information content (AvgIpc) is 3.37. The van der Waals surface area contributed by atoms with Crippen LogP contribution in [-0.2, 0) is 11.3 Å². The lowest BCUT2D eigenvalue weighted by atomic mass is 10.2. The number of rotatable bonds is 6. The van der Waals surface area contributed by atoms with Crippen molar-refractivity contribution in [2.45, 2.75) is 25.4 Å². The average molecular weight is 363 g/mol. The smallest absolute Gasteiger partial charge is 0.241 e. The predicted molar refractivity (Wildman–Crippen MR) is 102 cm³/mol. The second-order valence-corrected chi connectivity index (χ2v) is 6.54. The van der Waals surface area contributed by atoms with Crippen molar-refractivity contribution in [3.8, 4) is 11.5 Å². The third-order valence-corrected chi connectivity index (χ3v) is 4.64. The molecular weight excluding hydrogens is 342 g/mol. The lowest BCUT2D eigenvalue weighted by Gasteiger charge is -2.23. The molecule has 6 nitrogen and oxygen atoms in total. The number of furan rings is 1. The second-order valence-electron chi connectivity index (χ2n) is 6.54. The fraction of sp³-hybridized carbons (Fsp3) is 0.238. The van der Waals surface area contributed by atoms with Crippen molar-refractivity contribution in [3.05, 3.63) is 72.9 Å². The first-order chi connectivity index (χ1) is 13.3. The number of aromatic nitrogens is 1. The summed E-state index contributed by atoms with van der Waals surface area (Å²) in [5.41, 5.74) is 1.73. The Kier molecular flexibility index (Phi) is 5.16. The Balaban J connectivity index is 1.46. The van der Waals surface area contributed by atoms with Crippen molar-refractivity contribution in [3.63, 3.8) is 0 Å². The largest absolute Gasteiger partial charge is 0.472 e. The quantitative estimate of drug-likeness (QED) is 0.715. The Labute approximate surface area is 157 Å². The summed E-state index contributed by atoms with van der Waals surface area (Å²) in [6, 6.07) is 12.8. The highest BCUT2D eigenvalue weighted by Crippen LogP contribution is 2.30. The topological polar surface area (TPSA) is 67.6 Å². The molecular formula is C21H21N3O3. The van der Waals surface area contributed by atoms with Gasteiger partial charge in [-0.3, -0.25) is 14.7 Å². The van der Waals surface area contributed by atoms with Gasteiger partial charge in [0, 0.05) is 18.3 Å². The van der Waals surface area contributed by atoms with Crippen molar-refractivity contribution >= 4 is 11.6 Å². The minimum Gasteiger partial charge on any atom is -0.472 e. The first-order valence-corrected chi connectivity index (χ1v) is 9.02. The zero-order valence-corrected chi connectivity index (χ0v) is 14.9. The molecule has 1 amide bonds. The van der Waals surface area contributed by atoms with Gasteiger partial charge in [-0.1, -0.05) is 12.1 Å². The zero-order valence-electron chi connectivity index (χ0n) is 14.9. The third kappa shape index (κ3) is 4.17.